The zero-order valence-corrected chi connectivity index (χ0v) is 19.4. The summed E-state index contributed by atoms with van der Waals surface area (Å²) in [5.41, 5.74) is -2.06. The molecule has 2 aromatic carbocycles. The number of nitriles is 1. The van der Waals surface area contributed by atoms with E-state index < -0.39 is 41.5 Å². The highest BCUT2D eigenvalue weighted by Gasteiger charge is 2.61. The molecule has 0 atom stereocenters. The predicted octanol–water partition coefficient (Wildman–Crippen LogP) is 3.02. The monoisotopic (exact) mass is 515 g/mol. The van der Waals surface area contributed by atoms with Crippen molar-refractivity contribution in [2.45, 2.75) is 37.1 Å². The summed E-state index contributed by atoms with van der Waals surface area (Å²) < 4.78 is 53.2. The second-order valence-electron chi connectivity index (χ2n) is 9.45. The lowest BCUT2D eigenvalue weighted by Gasteiger charge is -2.57. The maximum absolute atomic E-state index is 14.3. The Hall–Kier alpha value is -4.14. The minimum Gasteiger partial charge on any atom is -0.335 e. The van der Waals surface area contributed by atoms with Crippen LogP contribution in [0, 0.1) is 17.1 Å². The van der Waals surface area contributed by atoms with Gasteiger partial charge in [0, 0.05) is 18.3 Å². The molecule has 12 heteroatoms. The number of carbonyl (C=O) groups excluding carboxylic acids is 3. The van der Waals surface area contributed by atoms with E-state index in [2.05, 4.69) is 5.32 Å². The molecule has 8 nitrogen and oxygen atoms in total. The van der Waals surface area contributed by atoms with Gasteiger partial charge in [-0.2, -0.15) is 18.4 Å². The molecule has 3 aliphatic rings. The van der Waals surface area contributed by atoms with Crippen LogP contribution in [0.2, 0.25) is 0 Å². The second-order valence-corrected chi connectivity index (χ2v) is 9.45. The first kappa shape index (κ1) is 24.5. The van der Waals surface area contributed by atoms with Gasteiger partial charge in [-0.25, -0.2) is 9.18 Å². The van der Waals surface area contributed by atoms with Gasteiger partial charge in [0.15, 0.2) is 5.54 Å². The second kappa shape index (κ2) is 8.76. The van der Waals surface area contributed by atoms with Gasteiger partial charge in [-0.1, -0.05) is 12.1 Å². The van der Waals surface area contributed by atoms with Crippen molar-refractivity contribution in [1.82, 2.24) is 15.1 Å². The molecule has 192 valence electrons. The maximum atomic E-state index is 14.3. The minimum absolute atomic E-state index is 0.0779. The first-order valence-corrected chi connectivity index (χ1v) is 11.6. The summed E-state index contributed by atoms with van der Waals surface area (Å²) in [6, 6.07) is 9.26. The van der Waals surface area contributed by atoms with Crippen LogP contribution in [0.5, 0.6) is 0 Å². The number of rotatable bonds is 4. The van der Waals surface area contributed by atoms with Crippen molar-refractivity contribution in [2.24, 2.45) is 0 Å². The van der Waals surface area contributed by atoms with Crippen LogP contribution in [0.25, 0.3) is 0 Å². The number of hydrogen-bond donors (Lipinski definition) is 1. The van der Waals surface area contributed by atoms with E-state index in [0.29, 0.717) is 5.56 Å². The molecule has 0 bridgehead atoms. The van der Waals surface area contributed by atoms with E-state index >= 15 is 0 Å². The number of nitrogens with zero attached hydrogens (tertiary/aromatic N) is 4. The first-order valence-electron chi connectivity index (χ1n) is 11.6. The lowest BCUT2D eigenvalue weighted by molar-refractivity contribution is -0.161. The highest BCUT2D eigenvalue weighted by atomic mass is 19.4. The number of benzene rings is 2. The molecule has 0 radical (unpaired) electrons. The summed E-state index contributed by atoms with van der Waals surface area (Å²) in [4.78, 5) is 43.4. The molecular weight excluding hydrogens is 494 g/mol. The fraction of sp³-hybridized carbons (Fsp3) is 0.360. The Morgan fingerprint density at radius 2 is 1.78 bits per heavy atom. The number of amides is 4. The lowest BCUT2D eigenvalue weighted by atomic mass is 9.83. The molecule has 2 heterocycles. The number of carbonyl (C=O) groups is 3. The van der Waals surface area contributed by atoms with Crippen molar-refractivity contribution in [3.05, 3.63) is 65.0 Å². The number of hydrogen-bond acceptors (Lipinski definition) is 4. The van der Waals surface area contributed by atoms with Crippen molar-refractivity contribution >= 4 is 23.5 Å². The summed E-state index contributed by atoms with van der Waals surface area (Å²) in [7, 11) is 0. The molecule has 2 saturated heterocycles. The molecule has 1 spiro atoms. The average Bonchev–Trinajstić information content (AvgIpc) is 3.64. The summed E-state index contributed by atoms with van der Waals surface area (Å²) in [6.45, 7) is -0.810. The number of anilines is 1. The molecule has 37 heavy (non-hydrogen) atoms. The van der Waals surface area contributed by atoms with E-state index in [1.54, 1.807) is 6.07 Å². The normalized spacial score (nSPS) is 19.1. The zero-order chi connectivity index (χ0) is 26.5. The van der Waals surface area contributed by atoms with Crippen LogP contribution in [-0.2, 0) is 22.3 Å². The standard InChI is InChI=1S/C25H21F4N5O3/c26-20-9-19(8-3-16(20)10-30)33-12-21(35)34(11-15-1-4-17(5-2-15)25(27,28)29)24(22(33)36)13-32(14-24)23(37)31-18-6-7-18/h1-5,8-9,18H,6-7,11-14H2,(H,31,37). The molecule has 4 amide bonds. The maximum Gasteiger partial charge on any atom is 0.416 e. The number of halogens is 4. The number of nitrogens with one attached hydrogen (secondary N) is 1. The van der Waals surface area contributed by atoms with Crippen molar-refractivity contribution < 1.29 is 31.9 Å². The molecule has 1 aliphatic carbocycles. The molecule has 2 aromatic rings. The van der Waals surface area contributed by atoms with Crippen molar-refractivity contribution in [3.8, 4) is 6.07 Å². The zero-order valence-electron chi connectivity index (χ0n) is 19.4. The largest absolute Gasteiger partial charge is 0.416 e. The van der Waals surface area contributed by atoms with Gasteiger partial charge in [-0.15, -0.1) is 0 Å². The Morgan fingerprint density at radius 3 is 2.35 bits per heavy atom. The van der Waals surface area contributed by atoms with Crippen LogP contribution in [0.3, 0.4) is 0 Å². The van der Waals surface area contributed by atoms with Crippen LogP contribution >= 0.6 is 0 Å². The fourth-order valence-corrected chi connectivity index (χ4v) is 4.62. The molecule has 2 aliphatic heterocycles. The average molecular weight is 515 g/mol. The van der Waals surface area contributed by atoms with Crippen LogP contribution in [-0.4, -0.2) is 58.9 Å². The summed E-state index contributed by atoms with van der Waals surface area (Å²) >= 11 is 0. The Labute approximate surface area is 209 Å². The van der Waals surface area contributed by atoms with Gasteiger partial charge >= 0.3 is 12.2 Å². The topological polar surface area (TPSA) is 96.8 Å². The summed E-state index contributed by atoms with van der Waals surface area (Å²) in [5, 5.41) is 11.8. The van der Waals surface area contributed by atoms with Crippen molar-refractivity contribution in [2.75, 3.05) is 24.5 Å². The first-order chi connectivity index (χ1) is 17.5. The van der Waals surface area contributed by atoms with Gasteiger partial charge in [-0.3, -0.25) is 9.59 Å². The number of urea groups is 1. The number of alkyl halides is 3. The van der Waals surface area contributed by atoms with E-state index in [1.807, 2.05) is 0 Å². The predicted molar refractivity (Wildman–Crippen MR) is 121 cm³/mol. The van der Waals surface area contributed by atoms with Gasteiger partial charge in [0.25, 0.3) is 5.91 Å². The summed E-state index contributed by atoms with van der Waals surface area (Å²) in [5.74, 6) is -1.90. The van der Waals surface area contributed by atoms with Gasteiger partial charge in [0.1, 0.15) is 18.4 Å². The van der Waals surface area contributed by atoms with Crippen LogP contribution in [0.1, 0.15) is 29.5 Å². The smallest absolute Gasteiger partial charge is 0.335 e. The SMILES string of the molecule is N#Cc1ccc(N2CC(=O)N(Cc3ccc(C(F)(F)F)cc3)C3(CN(C(=O)NC4CC4)C3)C2=O)cc1F. The Bertz CT molecular complexity index is 1310. The Balaban J connectivity index is 1.44. The van der Waals surface area contributed by atoms with E-state index in [-0.39, 0.29) is 43.0 Å². The quantitative estimate of drug-likeness (QED) is 0.634. The highest BCUT2D eigenvalue weighted by Crippen LogP contribution is 2.38. The molecule has 5 rings (SSSR count). The molecule has 1 saturated carbocycles. The fourth-order valence-electron chi connectivity index (χ4n) is 4.62. The number of piperazine rings is 1. The molecule has 3 fully saturated rings. The molecule has 1 N–H and O–H groups in total. The van der Waals surface area contributed by atoms with Gasteiger partial charge in [0.05, 0.1) is 24.2 Å². The van der Waals surface area contributed by atoms with Gasteiger partial charge < -0.3 is 20.0 Å². The van der Waals surface area contributed by atoms with Crippen molar-refractivity contribution in [3.63, 3.8) is 0 Å². The Kier molecular flexibility index (Phi) is 5.81. The Morgan fingerprint density at radius 1 is 1.11 bits per heavy atom. The highest BCUT2D eigenvalue weighted by molar-refractivity contribution is 6.10. The number of likely N-dealkylation sites (tertiary alicyclic amines) is 1. The van der Waals surface area contributed by atoms with E-state index in [1.165, 1.54) is 34.1 Å². The molecule has 0 aromatic heterocycles. The third kappa shape index (κ3) is 4.45. The van der Waals surface area contributed by atoms with Crippen LogP contribution in [0.4, 0.5) is 28.0 Å². The summed E-state index contributed by atoms with van der Waals surface area (Å²) in [6.07, 6.45) is -2.79. The van der Waals surface area contributed by atoms with Gasteiger partial charge in [0.2, 0.25) is 5.91 Å². The van der Waals surface area contributed by atoms with Crippen LogP contribution in [0.15, 0.2) is 42.5 Å². The lowest BCUT2D eigenvalue weighted by Crippen LogP contribution is -2.81. The van der Waals surface area contributed by atoms with Crippen molar-refractivity contribution in [1.29, 1.82) is 5.26 Å². The molecule has 0 unspecified atom stereocenters. The van der Waals surface area contributed by atoms with E-state index in [0.717, 1.165) is 35.9 Å². The van der Waals surface area contributed by atoms with Gasteiger partial charge in [-0.05, 0) is 48.7 Å². The van der Waals surface area contributed by atoms with E-state index in [4.69, 9.17) is 5.26 Å². The molecular formula is C25H21F4N5O3. The minimum atomic E-state index is -4.52. The third-order valence-electron chi connectivity index (χ3n) is 6.86. The van der Waals surface area contributed by atoms with E-state index in [9.17, 15) is 31.9 Å². The third-order valence-corrected chi connectivity index (χ3v) is 6.86. The van der Waals surface area contributed by atoms with Crippen LogP contribution < -0.4 is 10.2 Å².